The third kappa shape index (κ3) is 0.995. The quantitative estimate of drug-likeness (QED) is 0.754. The van der Waals surface area contributed by atoms with Gasteiger partial charge in [-0.2, -0.15) is 0 Å². The highest BCUT2D eigenvalue weighted by Crippen LogP contribution is 2.26. The first kappa shape index (κ1) is 6.43. The number of furan rings is 1. The molecule has 0 amide bonds. The Morgan fingerprint density at radius 1 is 1.60 bits per heavy atom. The van der Waals surface area contributed by atoms with Crippen molar-refractivity contribution >= 4 is 15.9 Å². The zero-order chi connectivity index (χ0) is 6.97. The summed E-state index contributed by atoms with van der Waals surface area (Å²) in [6, 6.07) is 4.39. The fourth-order valence-corrected chi connectivity index (χ4v) is 1.37. The molecule has 1 aromatic heterocycles. The summed E-state index contributed by atoms with van der Waals surface area (Å²) < 4.78 is 6.16. The van der Waals surface area contributed by atoms with Gasteiger partial charge in [-0.15, -0.1) is 0 Å². The molecule has 1 saturated heterocycles. The predicted molar refractivity (Wildman–Crippen MR) is 41.8 cm³/mol. The van der Waals surface area contributed by atoms with E-state index in [1.165, 1.54) is 6.42 Å². The fourth-order valence-electron chi connectivity index (χ4n) is 1.05. The van der Waals surface area contributed by atoms with Crippen molar-refractivity contribution in [2.75, 3.05) is 6.54 Å². The average Bonchev–Trinajstić information content (AvgIpc) is 2.10. The summed E-state index contributed by atoms with van der Waals surface area (Å²) in [6.45, 7) is 1.11. The van der Waals surface area contributed by atoms with E-state index in [9.17, 15) is 0 Å². The van der Waals surface area contributed by atoms with Crippen LogP contribution in [0.4, 0.5) is 0 Å². The lowest BCUT2D eigenvalue weighted by Gasteiger charge is -2.25. The smallest absolute Gasteiger partial charge is 0.169 e. The average molecular weight is 202 g/mol. The van der Waals surface area contributed by atoms with Gasteiger partial charge in [-0.05, 0) is 41.0 Å². The molecule has 0 aliphatic carbocycles. The summed E-state index contributed by atoms with van der Waals surface area (Å²) in [5.41, 5.74) is 0. The highest BCUT2D eigenvalue weighted by molar-refractivity contribution is 9.10. The first-order valence-electron chi connectivity index (χ1n) is 3.35. The van der Waals surface area contributed by atoms with Gasteiger partial charge >= 0.3 is 0 Å². The molecule has 0 spiro atoms. The second-order valence-electron chi connectivity index (χ2n) is 2.44. The summed E-state index contributed by atoms with van der Waals surface area (Å²) in [4.78, 5) is 0. The highest BCUT2D eigenvalue weighted by Gasteiger charge is 2.21. The van der Waals surface area contributed by atoms with Crippen LogP contribution in [-0.2, 0) is 0 Å². The minimum absolute atomic E-state index is 0.464. The number of halogens is 1. The molecule has 1 fully saturated rings. The van der Waals surface area contributed by atoms with Gasteiger partial charge in [-0.3, -0.25) is 0 Å². The van der Waals surface area contributed by atoms with Crippen LogP contribution >= 0.6 is 15.9 Å². The van der Waals surface area contributed by atoms with E-state index in [2.05, 4.69) is 21.2 Å². The van der Waals surface area contributed by atoms with Crippen LogP contribution in [0.1, 0.15) is 18.2 Å². The lowest BCUT2D eigenvalue weighted by Crippen LogP contribution is -2.34. The monoisotopic (exact) mass is 201 g/mol. The second-order valence-corrected chi connectivity index (χ2v) is 3.22. The lowest BCUT2D eigenvalue weighted by molar-refractivity contribution is 0.314. The fraction of sp³-hybridized carbons (Fsp3) is 0.429. The van der Waals surface area contributed by atoms with E-state index in [0.717, 1.165) is 17.0 Å². The largest absolute Gasteiger partial charge is 0.453 e. The Hall–Kier alpha value is -0.280. The first-order chi connectivity index (χ1) is 4.86. The van der Waals surface area contributed by atoms with Gasteiger partial charge in [-0.1, -0.05) is 0 Å². The number of nitrogens with one attached hydrogen (secondary N) is 1. The molecule has 2 nitrogen and oxygen atoms in total. The van der Waals surface area contributed by atoms with Gasteiger partial charge in [0.15, 0.2) is 4.67 Å². The molecular weight excluding hydrogens is 194 g/mol. The van der Waals surface area contributed by atoms with Gasteiger partial charge in [0.1, 0.15) is 5.76 Å². The van der Waals surface area contributed by atoms with Crippen molar-refractivity contribution in [2.45, 2.75) is 12.5 Å². The van der Waals surface area contributed by atoms with Crippen LogP contribution in [0.2, 0.25) is 0 Å². The van der Waals surface area contributed by atoms with Gasteiger partial charge in [0, 0.05) is 0 Å². The molecule has 10 heavy (non-hydrogen) atoms. The molecule has 1 aliphatic rings. The maximum atomic E-state index is 5.34. The molecule has 1 N–H and O–H groups in total. The van der Waals surface area contributed by atoms with E-state index in [4.69, 9.17) is 4.42 Å². The predicted octanol–water partition coefficient (Wildman–Crippen LogP) is 2.08. The van der Waals surface area contributed by atoms with Gasteiger partial charge < -0.3 is 9.73 Å². The Bertz CT molecular complexity index is 229. The van der Waals surface area contributed by atoms with E-state index in [0.29, 0.717) is 6.04 Å². The third-order valence-corrected chi connectivity index (χ3v) is 2.19. The van der Waals surface area contributed by atoms with Gasteiger partial charge in [0.05, 0.1) is 6.04 Å². The first-order valence-corrected chi connectivity index (χ1v) is 4.14. The van der Waals surface area contributed by atoms with Gasteiger partial charge in [-0.25, -0.2) is 0 Å². The number of hydrogen-bond donors (Lipinski definition) is 1. The van der Waals surface area contributed by atoms with Crippen molar-refractivity contribution in [3.8, 4) is 0 Å². The molecule has 1 aliphatic heterocycles. The van der Waals surface area contributed by atoms with E-state index in [-0.39, 0.29) is 0 Å². The summed E-state index contributed by atoms with van der Waals surface area (Å²) in [6.07, 6.45) is 1.19. The van der Waals surface area contributed by atoms with Crippen LogP contribution < -0.4 is 5.32 Å². The zero-order valence-corrected chi connectivity index (χ0v) is 7.02. The normalized spacial score (nSPS) is 24.3. The standard InChI is InChI=1S/C7H8BrNO/c8-7-2-1-6(10-7)5-3-4-9-5/h1-2,5,9H,3-4H2/t5-/m1/s1. The molecule has 54 valence electrons. The third-order valence-electron chi connectivity index (χ3n) is 1.76. The molecule has 0 radical (unpaired) electrons. The molecule has 3 heteroatoms. The molecule has 1 aromatic rings. The van der Waals surface area contributed by atoms with Crippen molar-refractivity contribution in [1.29, 1.82) is 0 Å². The molecule has 0 bridgehead atoms. The van der Waals surface area contributed by atoms with Crippen LogP contribution in [0.15, 0.2) is 21.2 Å². The SMILES string of the molecule is Brc1ccc([C@H]2CCN2)o1. The van der Waals surface area contributed by atoms with Crippen LogP contribution in [0.3, 0.4) is 0 Å². The molecular formula is C7H8BrNO. The van der Waals surface area contributed by atoms with Crippen molar-refractivity contribution < 1.29 is 4.42 Å². The van der Waals surface area contributed by atoms with Crippen LogP contribution in [0.25, 0.3) is 0 Å². The second kappa shape index (κ2) is 2.40. The van der Waals surface area contributed by atoms with Crippen LogP contribution in [0, 0.1) is 0 Å². The number of rotatable bonds is 1. The molecule has 2 heterocycles. The Kier molecular flexibility index (Phi) is 1.54. The van der Waals surface area contributed by atoms with E-state index in [1.54, 1.807) is 0 Å². The van der Waals surface area contributed by atoms with E-state index < -0.39 is 0 Å². The molecule has 0 saturated carbocycles. The molecule has 0 unspecified atom stereocenters. The Morgan fingerprint density at radius 3 is 2.80 bits per heavy atom. The minimum Gasteiger partial charge on any atom is -0.453 e. The molecule has 2 rings (SSSR count). The van der Waals surface area contributed by atoms with Gasteiger partial charge in [0.25, 0.3) is 0 Å². The summed E-state index contributed by atoms with van der Waals surface area (Å²) in [5, 5.41) is 3.26. The van der Waals surface area contributed by atoms with E-state index in [1.807, 2.05) is 12.1 Å². The Labute approximate surface area is 67.7 Å². The molecule has 0 aromatic carbocycles. The maximum absolute atomic E-state index is 5.34. The minimum atomic E-state index is 0.464. The summed E-state index contributed by atoms with van der Waals surface area (Å²) in [7, 11) is 0. The van der Waals surface area contributed by atoms with Gasteiger partial charge in [0.2, 0.25) is 0 Å². The lowest BCUT2D eigenvalue weighted by atomic mass is 10.1. The van der Waals surface area contributed by atoms with Crippen molar-refractivity contribution in [3.05, 3.63) is 22.6 Å². The number of hydrogen-bond acceptors (Lipinski definition) is 2. The van der Waals surface area contributed by atoms with Crippen molar-refractivity contribution in [2.24, 2.45) is 0 Å². The summed E-state index contributed by atoms with van der Waals surface area (Å²) in [5.74, 6) is 1.04. The van der Waals surface area contributed by atoms with E-state index >= 15 is 0 Å². The van der Waals surface area contributed by atoms with Crippen molar-refractivity contribution in [1.82, 2.24) is 5.32 Å². The summed E-state index contributed by atoms with van der Waals surface area (Å²) >= 11 is 3.26. The topological polar surface area (TPSA) is 25.2 Å². The van der Waals surface area contributed by atoms with Crippen LogP contribution in [-0.4, -0.2) is 6.54 Å². The van der Waals surface area contributed by atoms with Crippen molar-refractivity contribution in [3.63, 3.8) is 0 Å². The highest BCUT2D eigenvalue weighted by atomic mass is 79.9. The molecule has 1 atom stereocenters. The zero-order valence-electron chi connectivity index (χ0n) is 5.43. The maximum Gasteiger partial charge on any atom is 0.169 e. The Morgan fingerprint density at radius 2 is 2.40 bits per heavy atom. The van der Waals surface area contributed by atoms with Crippen LogP contribution in [0.5, 0.6) is 0 Å². The Balaban J connectivity index is 2.17.